The van der Waals surface area contributed by atoms with Crippen LogP contribution in [-0.2, 0) is 14.4 Å². The summed E-state index contributed by atoms with van der Waals surface area (Å²) in [7, 11) is 0. The van der Waals surface area contributed by atoms with Crippen LogP contribution in [0.3, 0.4) is 0 Å². The van der Waals surface area contributed by atoms with Crippen molar-refractivity contribution < 1.29 is 14.4 Å². The second kappa shape index (κ2) is 9.49. The molecule has 2 fully saturated rings. The summed E-state index contributed by atoms with van der Waals surface area (Å²) in [5.74, 6) is -0.197. The van der Waals surface area contributed by atoms with E-state index < -0.39 is 5.54 Å². The fourth-order valence-corrected chi connectivity index (χ4v) is 4.98. The number of rotatable bonds is 5. The first-order valence-corrected chi connectivity index (χ1v) is 12.0. The Kier molecular flexibility index (Phi) is 6.64. The third-order valence-electron chi connectivity index (χ3n) is 7.10. The second-order valence-corrected chi connectivity index (χ2v) is 9.77. The minimum atomic E-state index is -0.740. The molecule has 7 heteroatoms. The van der Waals surface area contributed by atoms with E-state index in [1.54, 1.807) is 4.90 Å². The number of benzene rings is 2. The number of nitrogens with one attached hydrogen (secondary N) is 1. The minimum Gasteiger partial charge on any atom is -0.342 e. The van der Waals surface area contributed by atoms with Crippen molar-refractivity contribution in [2.75, 3.05) is 36.5 Å². The van der Waals surface area contributed by atoms with Gasteiger partial charge in [-0.2, -0.15) is 0 Å². The lowest BCUT2D eigenvalue weighted by Gasteiger charge is -2.43. The third kappa shape index (κ3) is 4.52. The maximum absolute atomic E-state index is 13.8. The minimum absolute atomic E-state index is 0.00845. The van der Waals surface area contributed by atoms with Crippen molar-refractivity contribution >= 4 is 29.1 Å². The topological polar surface area (TPSA) is 73.0 Å². The maximum atomic E-state index is 13.8. The molecule has 4 rings (SSSR count). The lowest BCUT2D eigenvalue weighted by atomic mass is 9.85. The van der Waals surface area contributed by atoms with Gasteiger partial charge in [0.05, 0.1) is 6.67 Å². The smallest absolute Gasteiger partial charge is 0.250 e. The predicted molar refractivity (Wildman–Crippen MR) is 133 cm³/mol. The number of carbonyl (C=O) groups excluding carboxylic acids is 3. The quantitative estimate of drug-likeness (QED) is 0.737. The van der Waals surface area contributed by atoms with Crippen molar-refractivity contribution in [2.45, 2.75) is 46.1 Å². The molecule has 2 saturated heterocycles. The van der Waals surface area contributed by atoms with Crippen molar-refractivity contribution in [1.29, 1.82) is 0 Å². The third-order valence-corrected chi connectivity index (χ3v) is 7.10. The van der Waals surface area contributed by atoms with Crippen LogP contribution in [0, 0.1) is 19.8 Å². The fourth-order valence-electron chi connectivity index (χ4n) is 4.98. The number of carbonyl (C=O) groups is 3. The maximum Gasteiger partial charge on any atom is 0.250 e. The summed E-state index contributed by atoms with van der Waals surface area (Å²) in [6.07, 6.45) is 1.10. The molecule has 2 aromatic rings. The zero-order chi connectivity index (χ0) is 24.5. The van der Waals surface area contributed by atoms with Gasteiger partial charge in [-0.1, -0.05) is 38.1 Å². The summed E-state index contributed by atoms with van der Waals surface area (Å²) in [6.45, 7) is 9.25. The molecule has 0 unspecified atom stereocenters. The molecule has 2 heterocycles. The van der Waals surface area contributed by atoms with Crippen molar-refractivity contribution in [3.63, 3.8) is 0 Å². The predicted octanol–water partition coefficient (Wildman–Crippen LogP) is 3.57. The van der Waals surface area contributed by atoms with Crippen LogP contribution in [-0.4, -0.2) is 59.4 Å². The van der Waals surface area contributed by atoms with Crippen LogP contribution in [0.2, 0.25) is 0 Å². The van der Waals surface area contributed by atoms with E-state index in [1.165, 1.54) is 0 Å². The summed E-state index contributed by atoms with van der Waals surface area (Å²) in [6, 6.07) is 15.7. The molecule has 2 aliphatic heterocycles. The van der Waals surface area contributed by atoms with Crippen LogP contribution in [0.25, 0.3) is 0 Å². The number of piperidine rings is 1. The molecule has 0 bridgehead atoms. The Morgan fingerprint density at radius 3 is 2.29 bits per heavy atom. The molecule has 34 heavy (non-hydrogen) atoms. The van der Waals surface area contributed by atoms with Gasteiger partial charge < -0.3 is 20.0 Å². The first-order chi connectivity index (χ1) is 16.2. The van der Waals surface area contributed by atoms with Crippen LogP contribution in [0.15, 0.2) is 48.5 Å². The van der Waals surface area contributed by atoms with Crippen LogP contribution in [0.1, 0.15) is 37.8 Å². The molecule has 180 valence electrons. The molecular formula is C27H34N4O3. The van der Waals surface area contributed by atoms with Gasteiger partial charge in [0.25, 0.3) is 5.91 Å². The molecule has 1 spiro atoms. The Morgan fingerprint density at radius 1 is 1.00 bits per heavy atom. The Morgan fingerprint density at radius 2 is 1.68 bits per heavy atom. The molecule has 7 nitrogen and oxygen atoms in total. The Hall–Kier alpha value is -3.35. The summed E-state index contributed by atoms with van der Waals surface area (Å²) < 4.78 is 0. The van der Waals surface area contributed by atoms with E-state index in [1.807, 2.05) is 81.1 Å². The molecule has 1 N–H and O–H groups in total. The van der Waals surface area contributed by atoms with Gasteiger partial charge in [-0.25, -0.2) is 0 Å². The number of anilines is 2. The van der Waals surface area contributed by atoms with Crippen molar-refractivity contribution in [1.82, 2.24) is 9.80 Å². The number of likely N-dealkylation sites (tertiary alicyclic amines) is 1. The van der Waals surface area contributed by atoms with Crippen LogP contribution in [0.5, 0.6) is 0 Å². The van der Waals surface area contributed by atoms with Gasteiger partial charge in [0.15, 0.2) is 0 Å². The number of nitrogens with zero attached hydrogens (tertiary/aromatic N) is 3. The monoisotopic (exact) mass is 462 g/mol. The van der Waals surface area contributed by atoms with Crippen molar-refractivity contribution in [3.8, 4) is 0 Å². The summed E-state index contributed by atoms with van der Waals surface area (Å²) in [4.78, 5) is 44.8. The molecule has 2 aliphatic rings. The first-order valence-electron chi connectivity index (χ1n) is 12.0. The SMILES string of the molecule is Cc1ccc(NC(=O)CN2CN(c3ccccc3)C3(CCN(C(=O)C(C)C)CC3)C2=O)cc1C. The molecule has 0 atom stereocenters. The van der Waals surface area contributed by atoms with Gasteiger partial charge in [-0.05, 0) is 62.1 Å². The second-order valence-electron chi connectivity index (χ2n) is 9.77. The standard InChI is InChI=1S/C27H34N4O3/c1-19(2)25(33)29-14-12-27(13-15-29)26(34)30(18-31(27)23-8-6-5-7-9-23)17-24(32)28-22-11-10-20(3)21(4)16-22/h5-11,16,19H,12-15,17-18H2,1-4H3,(H,28,32). The highest BCUT2D eigenvalue weighted by Crippen LogP contribution is 2.39. The van der Waals surface area contributed by atoms with E-state index in [-0.39, 0.29) is 30.2 Å². The molecule has 0 aromatic heterocycles. The van der Waals surface area contributed by atoms with Crippen molar-refractivity contribution in [2.24, 2.45) is 5.92 Å². The zero-order valence-corrected chi connectivity index (χ0v) is 20.5. The zero-order valence-electron chi connectivity index (χ0n) is 20.5. The molecule has 3 amide bonds. The summed E-state index contributed by atoms with van der Waals surface area (Å²) in [5.41, 5.74) is 3.21. The molecule has 0 aliphatic carbocycles. The molecule has 0 radical (unpaired) electrons. The molecule has 2 aromatic carbocycles. The van der Waals surface area contributed by atoms with Crippen LogP contribution >= 0.6 is 0 Å². The summed E-state index contributed by atoms with van der Waals surface area (Å²) >= 11 is 0. The average molecular weight is 463 g/mol. The van der Waals surface area contributed by atoms with Gasteiger partial charge in [-0.3, -0.25) is 14.4 Å². The Bertz CT molecular complexity index is 1070. The number of hydrogen-bond acceptors (Lipinski definition) is 4. The number of aryl methyl sites for hydroxylation is 2. The van der Waals surface area contributed by atoms with Gasteiger partial charge >= 0.3 is 0 Å². The molecular weight excluding hydrogens is 428 g/mol. The van der Waals surface area contributed by atoms with E-state index in [0.29, 0.717) is 32.6 Å². The Balaban J connectivity index is 1.53. The summed E-state index contributed by atoms with van der Waals surface area (Å²) in [5, 5.41) is 2.93. The van der Waals surface area contributed by atoms with Crippen LogP contribution in [0.4, 0.5) is 11.4 Å². The largest absolute Gasteiger partial charge is 0.342 e. The van der Waals surface area contributed by atoms with E-state index >= 15 is 0 Å². The van der Waals surface area contributed by atoms with E-state index in [2.05, 4.69) is 10.2 Å². The highest BCUT2D eigenvalue weighted by atomic mass is 16.2. The number of amides is 3. The highest BCUT2D eigenvalue weighted by Gasteiger charge is 2.54. The van der Waals surface area contributed by atoms with Crippen molar-refractivity contribution in [3.05, 3.63) is 59.7 Å². The normalized spacial score (nSPS) is 17.6. The number of hydrogen-bond donors (Lipinski definition) is 1. The van der Waals surface area contributed by atoms with Gasteiger partial charge in [0.2, 0.25) is 11.8 Å². The van der Waals surface area contributed by atoms with E-state index in [9.17, 15) is 14.4 Å². The van der Waals surface area contributed by atoms with Crippen LogP contribution < -0.4 is 10.2 Å². The van der Waals surface area contributed by atoms with Gasteiger partial charge in [0.1, 0.15) is 12.1 Å². The first kappa shape index (κ1) is 23.8. The van der Waals surface area contributed by atoms with Gasteiger partial charge in [-0.15, -0.1) is 0 Å². The fraction of sp³-hybridized carbons (Fsp3) is 0.444. The number of para-hydroxylation sites is 1. The van der Waals surface area contributed by atoms with Gasteiger partial charge in [0, 0.05) is 30.4 Å². The average Bonchev–Trinajstić information content (AvgIpc) is 3.08. The van der Waals surface area contributed by atoms with E-state index in [0.717, 1.165) is 22.5 Å². The lowest BCUT2D eigenvalue weighted by Crippen LogP contribution is -2.57. The Labute approximate surface area is 201 Å². The molecule has 0 saturated carbocycles. The highest BCUT2D eigenvalue weighted by molar-refractivity contribution is 5.99. The lowest BCUT2D eigenvalue weighted by molar-refractivity contribution is -0.140. The van der Waals surface area contributed by atoms with E-state index in [4.69, 9.17) is 0 Å².